The van der Waals surface area contributed by atoms with E-state index in [2.05, 4.69) is 175 Å². The monoisotopic (exact) mass is 587 g/mol. The zero-order valence-corrected chi connectivity index (χ0v) is 25.1. The maximum absolute atomic E-state index is 6.28. The lowest BCUT2D eigenvalue weighted by atomic mass is 9.94. The van der Waals surface area contributed by atoms with Gasteiger partial charge in [-0.2, -0.15) is 0 Å². The molecule has 0 radical (unpaired) electrons. The van der Waals surface area contributed by atoms with Gasteiger partial charge in [-0.25, -0.2) is 0 Å². The van der Waals surface area contributed by atoms with Crippen LogP contribution in [0.5, 0.6) is 0 Å². The maximum atomic E-state index is 6.28. The van der Waals surface area contributed by atoms with Gasteiger partial charge in [0.15, 0.2) is 0 Å². The lowest BCUT2D eigenvalue weighted by Gasteiger charge is -2.26. The van der Waals surface area contributed by atoms with E-state index in [1.54, 1.807) is 0 Å². The van der Waals surface area contributed by atoms with Crippen LogP contribution in [0.25, 0.3) is 65.7 Å². The molecule has 0 aliphatic carbocycles. The third kappa shape index (κ3) is 4.43. The molecule has 1 aromatic heterocycles. The van der Waals surface area contributed by atoms with Crippen molar-refractivity contribution in [1.29, 1.82) is 0 Å². The molecule has 9 rings (SSSR count). The zero-order chi connectivity index (χ0) is 30.5. The van der Waals surface area contributed by atoms with Gasteiger partial charge in [0.25, 0.3) is 0 Å². The number of hydrogen-bond donors (Lipinski definition) is 0. The summed E-state index contributed by atoms with van der Waals surface area (Å²) in [6, 6.07) is 62.7. The fourth-order valence-electron chi connectivity index (χ4n) is 6.82. The molecular weight excluding hydrogens is 558 g/mol. The number of para-hydroxylation sites is 2. The number of furan rings is 1. The Labute approximate surface area is 267 Å². The third-order valence-electron chi connectivity index (χ3n) is 9.03. The number of nitrogens with zero attached hydrogens (tertiary/aromatic N) is 1. The second-order valence-electron chi connectivity index (χ2n) is 11.8. The summed E-state index contributed by atoms with van der Waals surface area (Å²) >= 11 is 0. The Hall–Kier alpha value is -6.12. The molecule has 1 heterocycles. The molecule has 0 bridgehead atoms. The molecule has 0 amide bonds. The lowest BCUT2D eigenvalue weighted by molar-refractivity contribution is 0.669. The topological polar surface area (TPSA) is 16.4 Å². The molecule has 0 aliphatic heterocycles. The Morgan fingerprint density at radius 1 is 0.326 bits per heavy atom. The Morgan fingerprint density at radius 2 is 0.913 bits per heavy atom. The number of rotatable bonds is 5. The van der Waals surface area contributed by atoms with Crippen molar-refractivity contribution in [3.05, 3.63) is 176 Å². The minimum absolute atomic E-state index is 0.920. The molecule has 0 fully saturated rings. The molecule has 0 atom stereocenters. The van der Waals surface area contributed by atoms with Gasteiger partial charge in [0.2, 0.25) is 0 Å². The zero-order valence-electron chi connectivity index (χ0n) is 25.1. The van der Waals surface area contributed by atoms with Gasteiger partial charge in [0, 0.05) is 33.2 Å². The van der Waals surface area contributed by atoms with Crippen molar-refractivity contribution in [3.63, 3.8) is 0 Å². The van der Waals surface area contributed by atoms with Gasteiger partial charge in [0.1, 0.15) is 11.2 Å². The molecule has 46 heavy (non-hydrogen) atoms. The first kappa shape index (κ1) is 26.3. The van der Waals surface area contributed by atoms with Crippen LogP contribution in [0, 0.1) is 0 Å². The van der Waals surface area contributed by atoms with E-state index in [1.165, 1.54) is 49.2 Å². The molecule has 0 spiro atoms. The first-order valence-corrected chi connectivity index (χ1v) is 15.7. The standard InChI is InChI=1S/C44H29NO/c1-3-10-30(11-4-1)31-22-25-37(26-23-31)45(36-13-5-2-6-14-36)38-15-9-12-34(28-38)35-21-19-32-18-20-33-24-27-42-44(43(33)40(32)29-35)39-16-7-8-17-41(39)46-42/h1-29H. The smallest absolute Gasteiger partial charge is 0.136 e. The van der Waals surface area contributed by atoms with Crippen LogP contribution in [-0.4, -0.2) is 0 Å². The fourth-order valence-corrected chi connectivity index (χ4v) is 6.82. The Morgan fingerprint density at radius 3 is 1.76 bits per heavy atom. The van der Waals surface area contributed by atoms with Crippen molar-refractivity contribution < 1.29 is 4.42 Å². The summed E-state index contributed by atoms with van der Waals surface area (Å²) in [4.78, 5) is 2.33. The van der Waals surface area contributed by atoms with Crippen molar-refractivity contribution in [1.82, 2.24) is 0 Å². The Kier molecular flexibility index (Phi) is 6.17. The van der Waals surface area contributed by atoms with E-state index in [0.29, 0.717) is 0 Å². The molecule has 2 heteroatoms. The SMILES string of the molecule is c1ccc(-c2ccc(N(c3ccccc3)c3cccc(-c4ccc5ccc6ccc7oc8ccccc8c7c6c5c4)c3)cc2)cc1. The average molecular weight is 588 g/mol. The summed E-state index contributed by atoms with van der Waals surface area (Å²) in [6.07, 6.45) is 0. The molecular formula is C44H29NO. The van der Waals surface area contributed by atoms with Crippen molar-refractivity contribution in [2.45, 2.75) is 0 Å². The number of fused-ring (bicyclic) bond motifs is 7. The molecule has 0 N–H and O–H groups in total. The molecule has 0 aliphatic rings. The second kappa shape index (κ2) is 10.8. The molecule has 8 aromatic carbocycles. The molecule has 216 valence electrons. The minimum Gasteiger partial charge on any atom is -0.456 e. The second-order valence-corrected chi connectivity index (χ2v) is 11.8. The van der Waals surface area contributed by atoms with Gasteiger partial charge in [0.05, 0.1) is 0 Å². The molecule has 0 saturated carbocycles. The highest BCUT2D eigenvalue weighted by Gasteiger charge is 2.16. The summed E-state index contributed by atoms with van der Waals surface area (Å²) in [7, 11) is 0. The van der Waals surface area contributed by atoms with E-state index < -0.39 is 0 Å². The van der Waals surface area contributed by atoms with Gasteiger partial charge in [-0.15, -0.1) is 0 Å². The molecule has 0 saturated heterocycles. The fraction of sp³-hybridized carbons (Fsp3) is 0. The van der Waals surface area contributed by atoms with Crippen LogP contribution in [0.3, 0.4) is 0 Å². The summed E-state index contributed by atoms with van der Waals surface area (Å²) in [5.74, 6) is 0. The highest BCUT2D eigenvalue weighted by Crippen LogP contribution is 2.41. The van der Waals surface area contributed by atoms with E-state index in [9.17, 15) is 0 Å². The van der Waals surface area contributed by atoms with E-state index >= 15 is 0 Å². The summed E-state index contributed by atoms with van der Waals surface area (Å²) in [6.45, 7) is 0. The van der Waals surface area contributed by atoms with Crippen LogP contribution in [-0.2, 0) is 0 Å². The van der Waals surface area contributed by atoms with Crippen LogP contribution in [0.15, 0.2) is 180 Å². The summed E-state index contributed by atoms with van der Waals surface area (Å²) < 4.78 is 6.28. The molecule has 9 aromatic rings. The highest BCUT2D eigenvalue weighted by atomic mass is 16.3. The predicted octanol–water partition coefficient (Wildman–Crippen LogP) is 12.7. The third-order valence-corrected chi connectivity index (χ3v) is 9.03. The van der Waals surface area contributed by atoms with Crippen LogP contribution in [0.1, 0.15) is 0 Å². The number of anilines is 3. The van der Waals surface area contributed by atoms with Crippen molar-refractivity contribution in [3.8, 4) is 22.3 Å². The quantitative estimate of drug-likeness (QED) is 0.186. The average Bonchev–Trinajstić information content (AvgIpc) is 3.52. The van der Waals surface area contributed by atoms with Crippen LogP contribution < -0.4 is 4.90 Å². The Bertz CT molecular complexity index is 2510. The van der Waals surface area contributed by atoms with Crippen LogP contribution in [0.4, 0.5) is 17.1 Å². The number of hydrogen-bond acceptors (Lipinski definition) is 2. The highest BCUT2D eigenvalue weighted by molar-refractivity contribution is 6.26. The van der Waals surface area contributed by atoms with Crippen LogP contribution >= 0.6 is 0 Å². The Balaban J connectivity index is 1.19. The summed E-state index contributed by atoms with van der Waals surface area (Å²) in [5, 5.41) is 7.23. The predicted molar refractivity (Wildman–Crippen MR) is 194 cm³/mol. The van der Waals surface area contributed by atoms with Crippen molar-refractivity contribution in [2.75, 3.05) is 4.90 Å². The van der Waals surface area contributed by atoms with E-state index in [0.717, 1.165) is 33.6 Å². The van der Waals surface area contributed by atoms with Crippen molar-refractivity contribution in [2.24, 2.45) is 0 Å². The lowest BCUT2D eigenvalue weighted by Crippen LogP contribution is -2.09. The van der Waals surface area contributed by atoms with Crippen molar-refractivity contribution >= 4 is 60.5 Å². The van der Waals surface area contributed by atoms with Gasteiger partial charge < -0.3 is 9.32 Å². The summed E-state index contributed by atoms with van der Waals surface area (Å²) in [5.41, 5.74) is 9.95. The van der Waals surface area contributed by atoms with Gasteiger partial charge in [-0.05, 0) is 93.0 Å². The van der Waals surface area contributed by atoms with E-state index in [-0.39, 0.29) is 0 Å². The van der Waals surface area contributed by atoms with Gasteiger partial charge in [-0.1, -0.05) is 121 Å². The van der Waals surface area contributed by atoms with E-state index in [4.69, 9.17) is 4.42 Å². The maximum Gasteiger partial charge on any atom is 0.136 e. The van der Waals surface area contributed by atoms with Crippen LogP contribution in [0.2, 0.25) is 0 Å². The minimum atomic E-state index is 0.920. The normalized spacial score (nSPS) is 11.5. The van der Waals surface area contributed by atoms with Gasteiger partial charge >= 0.3 is 0 Å². The van der Waals surface area contributed by atoms with E-state index in [1.807, 2.05) is 6.07 Å². The molecule has 2 nitrogen and oxygen atoms in total. The molecule has 0 unspecified atom stereocenters. The first-order chi connectivity index (χ1) is 22.8. The number of benzene rings is 8. The largest absolute Gasteiger partial charge is 0.456 e. The van der Waals surface area contributed by atoms with Gasteiger partial charge in [-0.3, -0.25) is 0 Å². The first-order valence-electron chi connectivity index (χ1n) is 15.7.